The normalized spacial score (nSPS) is 18.0. The molecule has 0 radical (unpaired) electrons. The number of thioether (sulfide) groups is 1. The van der Waals surface area contributed by atoms with Crippen LogP contribution in [0.5, 0.6) is 0 Å². The highest BCUT2D eigenvalue weighted by molar-refractivity contribution is 8.01. The van der Waals surface area contributed by atoms with Crippen molar-refractivity contribution in [2.24, 2.45) is 0 Å². The molecule has 1 heterocycles. The molecule has 1 amide bonds. The predicted octanol–water partition coefficient (Wildman–Crippen LogP) is 4.56. The lowest BCUT2D eigenvalue weighted by atomic mass is 10.0. The van der Waals surface area contributed by atoms with Gasteiger partial charge in [-0.2, -0.15) is 4.31 Å². The fraction of sp³-hybridized carbons (Fsp3) is 0.296. The third-order valence-corrected chi connectivity index (χ3v) is 8.66. The smallest absolute Gasteiger partial charge is 0.249 e. The number of carbonyl (C=O) groups excluding carboxylic acids is 1. The van der Waals surface area contributed by atoms with E-state index < -0.39 is 16.4 Å². The van der Waals surface area contributed by atoms with E-state index in [4.69, 9.17) is 0 Å². The van der Waals surface area contributed by atoms with E-state index >= 15 is 0 Å². The first-order valence-corrected chi connectivity index (χ1v) is 13.6. The Labute approximate surface area is 209 Å². The summed E-state index contributed by atoms with van der Waals surface area (Å²) in [5.41, 5.74) is 3.29. The molecule has 1 saturated heterocycles. The third-order valence-electron chi connectivity index (χ3n) is 5.83. The van der Waals surface area contributed by atoms with E-state index in [1.165, 1.54) is 0 Å². The van der Waals surface area contributed by atoms with Gasteiger partial charge < -0.3 is 10.2 Å². The van der Waals surface area contributed by atoms with Crippen LogP contribution in [0, 0.1) is 0 Å². The Morgan fingerprint density at radius 2 is 1.62 bits per heavy atom. The maximum absolute atomic E-state index is 13.4. The Bertz CT molecular complexity index is 1090. The molecule has 1 aliphatic heterocycles. The van der Waals surface area contributed by atoms with Crippen LogP contribution in [0.25, 0.3) is 11.1 Å². The van der Waals surface area contributed by atoms with Gasteiger partial charge in [0.25, 0.3) is 0 Å². The number of nitrogens with zero attached hydrogens (tertiary/aromatic N) is 2. The second-order valence-electron chi connectivity index (χ2n) is 8.57. The van der Waals surface area contributed by atoms with Crippen molar-refractivity contribution >= 4 is 28.7 Å². The molecule has 1 fully saturated rings. The van der Waals surface area contributed by atoms with Crippen LogP contribution in [0.2, 0.25) is 0 Å². The maximum Gasteiger partial charge on any atom is 0.249 e. The molecular formula is C27H31N3O2S2. The van der Waals surface area contributed by atoms with Crippen LogP contribution in [0.1, 0.15) is 18.0 Å². The van der Waals surface area contributed by atoms with Crippen LogP contribution < -0.4 is 5.32 Å². The molecule has 178 valence electrons. The molecule has 0 aliphatic carbocycles. The number of benzene rings is 3. The minimum atomic E-state index is -1.40. The monoisotopic (exact) mass is 493 g/mol. The standard InChI is InChI=1S/C27H31N3O2S2/c1-29(2)18-17-25(23-11-7-4-8-12-23)28-26(31)27-30(19-20-33-27)34(32)24-15-13-22(14-16-24)21-9-5-3-6-10-21/h3-16,25,27H,17-20H2,1-2H3,(H,28,31). The number of amides is 1. The summed E-state index contributed by atoms with van der Waals surface area (Å²) < 4.78 is 15.2. The van der Waals surface area contributed by atoms with Crippen LogP contribution >= 0.6 is 11.8 Å². The Morgan fingerprint density at radius 3 is 2.26 bits per heavy atom. The number of carbonyl (C=O) groups is 1. The van der Waals surface area contributed by atoms with Gasteiger partial charge in [-0.1, -0.05) is 72.8 Å². The minimum absolute atomic E-state index is 0.0793. The quantitative estimate of drug-likeness (QED) is 0.475. The van der Waals surface area contributed by atoms with Crippen LogP contribution in [0.3, 0.4) is 0 Å². The van der Waals surface area contributed by atoms with E-state index in [-0.39, 0.29) is 11.9 Å². The zero-order valence-corrected chi connectivity index (χ0v) is 21.2. The van der Waals surface area contributed by atoms with Gasteiger partial charge in [-0.3, -0.25) is 4.79 Å². The van der Waals surface area contributed by atoms with E-state index in [0.717, 1.165) is 35.4 Å². The Kier molecular flexibility index (Phi) is 8.56. The molecule has 3 atom stereocenters. The van der Waals surface area contributed by atoms with E-state index in [1.807, 2.05) is 91.2 Å². The molecule has 34 heavy (non-hydrogen) atoms. The lowest BCUT2D eigenvalue weighted by Crippen LogP contribution is -2.44. The molecule has 0 bridgehead atoms. The van der Waals surface area contributed by atoms with Crippen molar-refractivity contribution < 1.29 is 9.00 Å². The Hall–Kier alpha value is -2.45. The molecule has 1 aliphatic rings. The highest BCUT2D eigenvalue weighted by atomic mass is 32.2. The molecule has 5 nitrogen and oxygen atoms in total. The first kappa shape index (κ1) is 24.7. The van der Waals surface area contributed by atoms with Crippen molar-refractivity contribution in [3.05, 3.63) is 90.5 Å². The molecule has 7 heteroatoms. The Morgan fingerprint density at radius 1 is 1.00 bits per heavy atom. The van der Waals surface area contributed by atoms with Crippen molar-refractivity contribution in [1.29, 1.82) is 0 Å². The van der Waals surface area contributed by atoms with Gasteiger partial charge in [-0.05, 0) is 55.9 Å². The summed E-state index contributed by atoms with van der Waals surface area (Å²) in [7, 11) is 2.66. The van der Waals surface area contributed by atoms with Gasteiger partial charge in [-0.25, -0.2) is 4.21 Å². The number of rotatable bonds is 9. The molecule has 0 saturated carbocycles. The van der Waals surface area contributed by atoms with E-state index in [1.54, 1.807) is 11.8 Å². The van der Waals surface area contributed by atoms with Gasteiger partial charge in [0, 0.05) is 12.3 Å². The topological polar surface area (TPSA) is 52.7 Å². The fourth-order valence-corrected chi connectivity index (χ4v) is 6.71. The largest absolute Gasteiger partial charge is 0.347 e. The summed E-state index contributed by atoms with van der Waals surface area (Å²) in [6.45, 7) is 1.48. The maximum atomic E-state index is 13.4. The SMILES string of the molecule is CN(C)CCC(NC(=O)C1SCCN1S(=O)c1ccc(-c2ccccc2)cc1)c1ccccc1. The average Bonchev–Trinajstić information content (AvgIpc) is 3.37. The summed E-state index contributed by atoms with van der Waals surface area (Å²) in [4.78, 5) is 16.2. The number of hydrogen-bond acceptors (Lipinski definition) is 4. The van der Waals surface area contributed by atoms with Gasteiger partial charge in [0.05, 0.1) is 10.9 Å². The zero-order valence-electron chi connectivity index (χ0n) is 19.6. The molecule has 4 rings (SSSR count). The second-order valence-corrected chi connectivity index (χ2v) is 11.2. The van der Waals surface area contributed by atoms with Gasteiger partial charge in [-0.15, -0.1) is 11.8 Å². The summed E-state index contributed by atoms with van der Waals surface area (Å²) in [6, 6.07) is 27.9. The van der Waals surface area contributed by atoms with Crippen LogP contribution in [0.4, 0.5) is 0 Å². The molecular weight excluding hydrogens is 462 g/mol. The van der Waals surface area contributed by atoms with Crippen LogP contribution in [-0.2, 0) is 15.8 Å². The highest BCUT2D eigenvalue weighted by Gasteiger charge is 2.36. The number of hydrogen-bond donors (Lipinski definition) is 1. The van der Waals surface area contributed by atoms with Crippen molar-refractivity contribution in [2.75, 3.05) is 32.9 Å². The van der Waals surface area contributed by atoms with Gasteiger partial charge in [0.15, 0.2) is 0 Å². The molecule has 3 aromatic rings. The van der Waals surface area contributed by atoms with Crippen molar-refractivity contribution in [3.63, 3.8) is 0 Å². The van der Waals surface area contributed by atoms with E-state index in [0.29, 0.717) is 11.4 Å². The third kappa shape index (κ3) is 6.16. The van der Waals surface area contributed by atoms with Crippen molar-refractivity contribution in [3.8, 4) is 11.1 Å². The molecule has 3 unspecified atom stereocenters. The molecule has 3 aromatic carbocycles. The van der Waals surface area contributed by atoms with E-state index in [9.17, 15) is 9.00 Å². The lowest BCUT2D eigenvalue weighted by molar-refractivity contribution is -0.122. The summed E-state index contributed by atoms with van der Waals surface area (Å²) in [5.74, 6) is 0.698. The molecule has 0 spiro atoms. The van der Waals surface area contributed by atoms with Gasteiger partial charge in [0.2, 0.25) is 5.91 Å². The highest BCUT2D eigenvalue weighted by Crippen LogP contribution is 2.30. The lowest BCUT2D eigenvalue weighted by Gasteiger charge is -2.26. The summed E-state index contributed by atoms with van der Waals surface area (Å²) >= 11 is 1.55. The van der Waals surface area contributed by atoms with Gasteiger partial charge in [0.1, 0.15) is 16.4 Å². The average molecular weight is 494 g/mol. The molecule has 0 aromatic heterocycles. The Balaban J connectivity index is 1.46. The minimum Gasteiger partial charge on any atom is -0.347 e. The van der Waals surface area contributed by atoms with Crippen LogP contribution in [0.15, 0.2) is 89.8 Å². The zero-order chi connectivity index (χ0) is 23.9. The van der Waals surface area contributed by atoms with Crippen LogP contribution in [-0.4, -0.2) is 57.6 Å². The van der Waals surface area contributed by atoms with Crippen molar-refractivity contribution in [2.45, 2.75) is 22.7 Å². The first-order chi connectivity index (χ1) is 16.5. The summed E-state index contributed by atoms with van der Waals surface area (Å²) in [6.07, 6.45) is 0.810. The molecule has 1 N–H and O–H groups in total. The predicted molar refractivity (Wildman–Crippen MR) is 142 cm³/mol. The second kappa shape index (κ2) is 11.8. The van der Waals surface area contributed by atoms with E-state index in [2.05, 4.69) is 22.3 Å². The van der Waals surface area contributed by atoms with Gasteiger partial charge >= 0.3 is 0 Å². The number of nitrogens with one attached hydrogen (secondary N) is 1. The fourth-order valence-electron chi connectivity index (χ4n) is 4.00. The van der Waals surface area contributed by atoms with Crippen molar-refractivity contribution in [1.82, 2.24) is 14.5 Å². The first-order valence-electron chi connectivity index (χ1n) is 11.5. The summed E-state index contributed by atoms with van der Waals surface area (Å²) in [5, 5.41) is 2.76.